The lowest BCUT2D eigenvalue weighted by molar-refractivity contribution is -0.163. The van der Waals surface area contributed by atoms with Gasteiger partial charge in [0.1, 0.15) is 6.04 Å². The second-order valence-electron chi connectivity index (χ2n) is 10.8. The zero-order valence-electron chi connectivity index (χ0n) is 19.1. The number of amides is 2. The fourth-order valence-electron chi connectivity index (χ4n) is 7.07. The molecule has 6 heteroatoms. The van der Waals surface area contributed by atoms with Gasteiger partial charge in [0.25, 0.3) is 5.91 Å². The fraction of sp³-hybridized carbons (Fsp3) is 0.654. The van der Waals surface area contributed by atoms with Gasteiger partial charge < -0.3 is 15.0 Å². The second kappa shape index (κ2) is 8.20. The van der Waals surface area contributed by atoms with Crippen LogP contribution in [0.4, 0.5) is 0 Å². The predicted molar refractivity (Wildman–Crippen MR) is 119 cm³/mol. The van der Waals surface area contributed by atoms with Crippen molar-refractivity contribution in [3.8, 4) is 0 Å². The molecule has 172 valence electrons. The number of carbonyl (C=O) groups excluding carboxylic acids is 3. The average Bonchev–Trinajstić information content (AvgIpc) is 2.77. The molecule has 1 aromatic rings. The Morgan fingerprint density at radius 1 is 1.00 bits per heavy atom. The molecule has 0 saturated heterocycles. The van der Waals surface area contributed by atoms with Gasteiger partial charge in [0.05, 0.1) is 0 Å². The van der Waals surface area contributed by atoms with Gasteiger partial charge in [-0.2, -0.15) is 0 Å². The zero-order chi connectivity index (χ0) is 22.5. The Morgan fingerprint density at radius 2 is 1.59 bits per heavy atom. The highest BCUT2D eigenvalue weighted by atomic mass is 16.5. The van der Waals surface area contributed by atoms with Crippen LogP contribution in [0.1, 0.15) is 63.5 Å². The van der Waals surface area contributed by atoms with Crippen LogP contribution in [0, 0.1) is 23.2 Å². The Morgan fingerprint density at radius 3 is 2.22 bits per heavy atom. The zero-order valence-corrected chi connectivity index (χ0v) is 19.1. The first-order chi connectivity index (χ1) is 15.3. The molecule has 4 bridgehead atoms. The van der Waals surface area contributed by atoms with Crippen LogP contribution in [-0.4, -0.2) is 41.4 Å². The summed E-state index contributed by atoms with van der Waals surface area (Å²) in [6.07, 6.45) is 6.61. The van der Waals surface area contributed by atoms with E-state index in [1.807, 2.05) is 18.2 Å². The first kappa shape index (κ1) is 21.5. The molecule has 4 fully saturated rings. The van der Waals surface area contributed by atoms with Crippen LogP contribution < -0.4 is 5.32 Å². The predicted octanol–water partition coefficient (Wildman–Crippen LogP) is 3.22. The summed E-state index contributed by atoms with van der Waals surface area (Å²) in [4.78, 5) is 40.5. The number of ether oxygens (including phenoxy) is 1. The van der Waals surface area contributed by atoms with E-state index in [9.17, 15) is 14.4 Å². The van der Waals surface area contributed by atoms with Gasteiger partial charge in [-0.1, -0.05) is 24.3 Å². The summed E-state index contributed by atoms with van der Waals surface area (Å²) in [5.41, 5.74) is 2.11. The van der Waals surface area contributed by atoms with Crippen molar-refractivity contribution in [3.05, 3.63) is 35.4 Å². The summed E-state index contributed by atoms with van der Waals surface area (Å²) >= 11 is 0. The van der Waals surface area contributed by atoms with Crippen LogP contribution in [0.3, 0.4) is 0 Å². The number of benzene rings is 1. The van der Waals surface area contributed by atoms with Gasteiger partial charge in [-0.3, -0.25) is 9.59 Å². The average molecular weight is 439 g/mol. The number of fused-ring (bicyclic) bond motifs is 1. The Hall–Kier alpha value is -2.37. The Labute approximate surface area is 190 Å². The molecule has 0 radical (unpaired) electrons. The first-order valence-electron chi connectivity index (χ1n) is 12.2. The van der Waals surface area contributed by atoms with Gasteiger partial charge >= 0.3 is 5.97 Å². The van der Waals surface area contributed by atoms with E-state index >= 15 is 0 Å². The van der Waals surface area contributed by atoms with Crippen LogP contribution in [0.5, 0.6) is 0 Å². The molecule has 1 N–H and O–H groups in total. The molecule has 1 aliphatic heterocycles. The van der Waals surface area contributed by atoms with Crippen LogP contribution in [-0.2, 0) is 32.1 Å². The molecule has 5 aliphatic rings. The van der Waals surface area contributed by atoms with Crippen molar-refractivity contribution in [3.63, 3.8) is 0 Å². The van der Waals surface area contributed by atoms with Gasteiger partial charge in [-0.05, 0) is 87.7 Å². The number of rotatable bonds is 5. The highest BCUT2D eigenvalue weighted by Crippen LogP contribution is 2.60. The van der Waals surface area contributed by atoms with E-state index < -0.39 is 18.1 Å². The molecule has 4 saturated carbocycles. The van der Waals surface area contributed by atoms with E-state index in [-0.39, 0.29) is 17.2 Å². The third-order valence-electron chi connectivity index (χ3n) is 8.30. The summed E-state index contributed by atoms with van der Waals surface area (Å²) < 4.78 is 5.49. The smallest absolute Gasteiger partial charge is 0.329 e. The number of nitrogens with one attached hydrogen (secondary N) is 1. The molecule has 2 unspecified atom stereocenters. The monoisotopic (exact) mass is 438 g/mol. The SMILES string of the molecule is CC(NC(=O)C12CC3CC(CC(C3)C1)C2)C(=O)OC(C)C(=O)N1CCc2ccccc2C1. The van der Waals surface area contributed by atoms with Gasteiger partial charge in [-0.25, -0.2) is 4.79 Å². The maximum atomic E-state index is 13.2. The van der Waals surface area contributed by atoms with Crippen molar-refractivity contribution in [1.29, 1.82) is 0 Å². The summed E-state index contributed by atoms with van der Waals surface area (Å²) in [5, 5.41) is 2.94. The molecule has 1 aromatic carbocycles. The summed E-state index contributed by atoms with van der Waals surface area (Å²) in [7, 11) is 0. The third kappa shape index (κ3) is 3.93. The van der Waals surface area contributed by atoms with E-state index in [2.05, 4.69) is 11.4 Å². The van der Waals surface area contributed by atoms with E-state index in [1.165, 1.54) is 24.8 Å². The number of hydrogen-bond acceptors (Lipinski definition) is 4. The number of hydrogen-bond donors (Lipinski definition) is 1. The molecule has 6 nitrogen and oxygen atoms in total. The lowest BCUT2D eigenvalue weighted by Crippen LogP contribution is -2.56. The summed E-state index contributed by atoms with van der Waals surface area (Å²) in [5.74, 6) is 1.28. The van der Waals surface area contributed by atoms with Crippen LogP contribution >= 0.6 is 0 Å². The minimum Gasteiger partial charge on any atom is -0.451 e. The van der Waals surface area contributed by atoms with Crippen molar-refractivity contribution < 1.29 is 19.1 Å². The van der Waals surface area contributed by atoms with E-state index in [0.29, 0.717) is 30.8 Å². The van der Waals surface area contributed by atoms with E-state index in [1.54, 1.807) is 18.7 Å². The van der Waals surface area contributed by atoms with Crippen molar-refractivity contribution in [2.24, 2.45) is 23.2 Å². The Bertz CT molecular complexity index is 891. The molecule has 2 atom stereocenters. The number of nitrogens with zero attached hydrogens (tertiary/aromatic N) is 1. The molecule has 0 spiro atoms. The fourth-order valence-corrected chi connectivity index (χ4v) is 7.07. The third-order valence-corrected chi connectivity index (χ3v) is 8.30. The molecule has 2 amide bonds. The van der Waals surface area contributed by atoms with Gasteiger partial charge in [-0.15, -0.1) is 0 Å². The minimum absolute atomic E-state index is 0.00710. The molecule has 32 heavy (non-hydrogen) atoms. The van der Waals surface area contributed by atoms with Gasteiger partial charge in [0, 0.05) is 18.5 Å². The summed E-state index contributed by atoms with van der Waals surface area (Å²) in [6.45, 7) is 4.44. The molecular weight excluding hydrogens is 404 g/mol. The maximum Gasteiger partial charge on any atom is 0.329 e. The van der Waals surface area contributed by atoms with E-state index in [4.69, 9.17) is 4.74 Å². The maximum absolute atomic E-state index is 13.2. The van der Waals surface area contributed by atoms with Crippen molar-refractivity contribution in [1.82, 2.24) is 10.2 Å². The van der Waals surface area contributed by atoms with Crippen LogP contribution in [0.2, 0.25) is 0 Å². The molecular formula is C26H34N2O4. The number of esters is 1. The quantitative estimate of drug-likeness (QED) is 0.717. The molecule has 6 rings (SSSR count). The molecule has 0 aromatic heterocycles. The normalized spacial score (nSPS) is 32.1. The van der Waals surface area contributed by atoms with Crippen LogP contribution in [0.25, 0.3) is 0 Å². The van der Waals surface area contributed by atoms with Crippen molar-refractivity contribution in [2.45, 2.75) is 77.5 Å². The Kier molecular flexibility index (Phi) is 5.50. The van der Waals surface area contributed by atoms with Crippen molar-refractivity contribution in [2.75, 3.05) is 6.54 Å². The Balaban J connectivity index is 1.15. The van der Waals surface area contributed by atoms with Gasteiger partial charge in [0.15, 0.2) is 6.10 Å². The number of carbonyl (C=O) groups is 3. The standard InChI is InChI=1S/C26H34N2O4/c1-16(27-25(31)26-12-18-9-19(13-26)11-20(10-18)14-26)24(30)32-17(2)23(29)28-8-7-21-5-3-4-6-22(21)15-28/h3-6,16-20H,7-15H2,1-2H3,(H,27,31). The van der Waals surface area contributed by atoms with Crippen molar-refractivity contribution >= 4 is 17.8 Å². The lowest BCUT2D eigenvalue weighted by atomic mass is 9.49. The highest BCUT2D eigenvalue weighted by molar-refractivity contribution is 5.89. The van der Waals surface area contributed by atoms with Crippen LogP contribution in [0.15, 0.2) is 24.3 Å². The topological polar surface area (TPSA) is 75.7 Å². The van der Waals surface area contributed by atoms with E-state index in [0.717, 1.165) is 31.2 Å². The molecule has 1 heterocycles. The van der Waals surface area contributed by atoms with Gasteiger partial charge in [0.2, 0.25) is 5.91 Å². The largest absolute Gasteiger partial charge is 0.451 e. The second-order valence-corrected chi connectivity index (χ2v) is 10.8. The molecule has 4 aliphatic carbocycles. The minimum atomic E-state index is -0.869. The lowest BCUT2D eigenvalue weighted by Gasteiger charge is -2.55. The highest BCUT2D eigenvalue weighted by Gasteiger charge is 2.54. The first-order valence-corrected chi connectivity index (χ1v) is 12.2. The summed E-state index contributed by atoms with van der Waals surface area (Å²) in [6, 6.07) is 7.36.